The van der Waals surface area contributed by atoms with E-state index in [0.29, 0.717) is 0 Å². The van der Waals surface area contributed by atoms with Crippen LogP contribution in [0.25, 0.3) is 0 Å². The fourth-order valence-corrected chi connectivity index (χ4v) is 3.59. The van der Waals surface area contributed by atoms with E-state index < -0.39 is 0 Å². The van der Waals surface area contributed by atoms with Crippen LogP contribution < -0.4 is 5.32 Å². The van der Waals surface area contributed by atoms with Gasteiger partial charge in [0, 0.05) is 22.0 Å². The van der Waals surface area contributed by atoms with Crippen LogP contribution in [0.3, 0.4) is 0 Å². The van der Waals surface area contributed by atoms with Gasteiger partial charge in [0.2, 0.25) is 0 Å². The summed E-state index contributed by atoms with van der Waals surface area (Å²) in [6.45, 7) is 1.21. The minimum atomic E-state index is 0.748. The van der Waals surface area contributed by atoms with E-state index in [-0.39, 0.29) is 0 Å². The van der Waals surface area contributed by atoms with Crippen molar-refractivity contribution in [2.24, 2.45) is 0 Å². The number of halogens is 1. The highest BCUT2D eigenvalue weighted by Gasteiger charge is 2.13. The summed E-state index contributed by atoms with van der Waals surface area (Å²) in [6.07, 6.45) is 2.70. The molecule has 82 valence electrons. The van der Waals surface area contributed by atoms with Gasteiger partial charge in [0.25, 0.3) is 0 Å². The minimum Gasteiger partial charge on any atom is -0.313 e. The highest BCUT2D eigenvalue weighted by Crippen LogP contribution is 2.22. The van der Waals surface area contributed by atoms with E-state index in [0.717, 1.165) is 11.8 Å². The first-order valence-electron chi connectivity index (χ1n) is 5.41. The molecule has 0 aromatic heterocycles. The molecule has 0 spiro atoms. The summed E-state index contributed by atoms with van der Waals surface area (Å²) >= 11 is 5.61. The molecule has 1 aromatic rings. The van der Waals surface area contributed by atoms with Crippen LogP contribution in [0, 0.1) is 0 Å². The molecule has 0 aliphatic carbocycles. The molecule has 3 heteroatoms. The molecule has 0 saturated carbocycles. The maximum Gasteiger partial charge on any atom is 0.0215 e. The fraction of sp³-hybridized carbons (Fsp3) is 0.500. The van der Waals surface area contributed by atoms with E-state index in [4.69, 9.17) is 0 Å². The zero-order chi connectivity index (χ0) is 10.5. The van der Waals surface area contributed by atoms with Crippen molar-refractivity contribution in [3.63, 3.8) is 0 Å². The second-order valence-corrected chi connectivity index (χ2v) is 5.78. The molecule has 1 aromatic carbocycles. The first kappa shape index (κ1) is 11.5. The quantitative estimate of drug-likeness (QED) is 0.910. The van der Waals surface area contributed by atoms with Crippen LogP contribution in [-0.4, -0.2) is 18.3 Å². The average molecular weight is 286 g/mol. The molecular weight excluding hydrogens is 270 g/mol. The minimum absolute atomic E-state index is 0.748. The van der Waals surface area contributed by atoms with Gasteiger partial charge in [0.1, 0.15) is 0 Å². The summed E-state index contributed by atoms with van der Waals surface area (Å²) in [5.74, 6) is 2.35. The highest BCUT2D eigenvalue weighted by atomic mass is 79.9. The second kappa shape index (κ2) is 5.92. The van der Waals surface area contributed by atoms with Crippen molar-refractivity contribution in [3.8, 4) is 0 Å². The largest absolute Gasteiger partial charge is 0.313 e. The van der Waals surface area contributed by atoms with Crippen LogP contribution in [0.2, 0.25) is 0 Å². The molecule has 1 heterocycles. The lowest BCUT2D eigenvalue weighted by Gasteiger charge is -2.09. The van der Waals surface area contributed by atoms with E-state index >= 15 is 0 Å². The molecule has 2 rings (SSSR count). The Labute approximate surface area is 104 Å². The van der Waals surface area contributed by atoms with Crippen molar-refractivity contribution in [2.75, 3.05) is 12.3 Å². The smallest absolute Gasteiger partial charge is 0.0215 e. The van der Waals surface area contributed by atoms with Gasteiger partial charge in [-0.3, -0.25) is 0 Å². The predicted molar refractivity (Wildman–Crippen MR) is 71.3 cm³/mol. The van der Waals surface area contributed by atoms with E-state index in [1.165, 1.54) is 35.2 Å². The number of hydrogen-bond donors (Lipinski definition) is 1. The van der Waals surface area contributed by atoms with Gasteiger partial charge >= 0.3 is 0 Å². The Morgan fingerprint density at radius 2 is 2.27 bits per heavy atom. The Kier molecular flexibility index (Phi) is 4.54. The zero-order valence-electron chi connectivity index (χ0n) is 8.71. The number of rotatable bonds is 4. The van der Waals surface area contributed by atoms with Crippen LogP contribution in [0.15, 0.2) is 28.7 Å². The van der Waals surface area contributed by atoms with Crippen molar-refractivity contribution in [1.82, 2.24) is 5.32 Å². The Morgan fingerprint density at radius 1 is 1.40 bits per heavy atom. The van der Waals surface area contributed by atoms with Crippen LogP contribution >= 0.6 is 27.7 Å². The van der Waals surface area contributed by atoms with E-state index in [1.54, 1.807) is 0 Å². The highest BCUT2D eigenvalue weighted by molar-refractivity contribution is 9.10. The maximum absolute atomic E-state index is 3.58. The van der Waals surface area contributed by atoms with Crippen LogP contribution in [0.1, 0.15) is 18.4 Å². The fourth-order valence-electron chi connectivity index (χ4n) is 1.83. The van der Waals surface area contributed by atoms with Gasteiger partial charge in [-0.2, -0.15) is 11.8 Å². The van der Waals surface area contributed by atoms with Gasteiger partial charge in [-0.25, -0.2) is 0 Å². The second-order valence-electron chi connectivity index (χ2n) is 3.90. The average Bonchev–Trinajstić information content (AvgIpc) is 2.74. The Morgan fingerprint density at radius 3 is 3.00 bits per heavy atom. The number of thioether (sulfide) groups is 1. The topological polar surface area (TPSA) is 12.0 Å². The van der Waals surface area contributed by atoms with Crippen LogP contribution in [0.4, 0.5) is 0 Å². The van der Waals surface area contributed by atoms with E-state index in [9.17, 15) is 0 Å². The van der Waals surface area contributed by atoms with Crippen molar-refractivity contribution in [2.45, 2.75) is 24.6 Å². The first-order chi connectivity index (χ1) is 7.36. The van der Waals surface area contributed by atoms with Gasteiger partial charge in [-0.05, 0) is 31.0 Å². The molecule has 1 aliphatic heterocycles. The number of benzene rings is 1. The summed E-state index contributed by atoms with van der Waals surface area (Å²) in [5, 5.41) is 3.52. The summed E-state index contributed by atoms with van der Waals surface area (Å²) < 4.78 is 1.23. The normalized spacial score (nSPS) is 20.7. The molecule has 1 unspecified atom stereocenters. The maximum atomic E-state index is 3.58. The van der Waals surface area contributed by atoms with Gasteiger partial charge in [0.15, 0.2) is 0 Å². The van der Waals surface area contributed by atoms with Crippen molar-refractivity contribution in [3.05, 3.63) is 34.3 Å². The Balaban J connectivity index is 1.75. The molecular formula is C12H16BrNS. The molecule has 0 amide bonds. The van der Waals surface area contributed by atoms with Gasteiger partial charge in [-0.1, -0.05) is 34.1 Å². The Hall–Kier alpha value is 0.01000. The lowest BCUT2D eigenvalue weighted by Crippen LogP contribution is -2.23. The molecule has 1 aliphatic rings. The monoisotopic (exact) mass is 285 g/mol. The van der Waals surface area contributed by atoms with E-state index in [1.807, 2.05) is 11.8 Å². The van der Waals surface area contributed by atoms with Crippen molar-refractivity contribution < 1.29 is 0 Å². The van der Waals surface area contributed by atoms with Crippen molar-refractivity contribution in [1.29, 1.82) is 0 Å². The number of hydrogen-bond acceptors (Lipinski definition) is 2. The first-order valence-corrected chi connectivity index (χ1v) is 7.35. The summed E-state index contributed by atoms with van der Waals surface area (Å²) in [5.41, 5.74) is 1.40. The molecule has 0 radical (unpaired) electrons. The molecule has 0 bridgehead atoms. The third-order valence-corrected chi connectivity index (χ3v) is 4.62. The Bertz CT molecular complexity index is 310. The number of nitrogens with one attached hydrogen (secondary N) is 1. The van der Waals surface area contributed by atoms with Gasteiger partial charge in [0.05, 0.1) is 0 Å². The van der Waals surface area contributed by atoms with Crippen molar-refractivity contribution >= 4 is 27.7 Å². The lowest BCUT2D eigenvalue weighted by molar-refractivity contribution is 0.674. The summed E-state index contributed by atoms with van der Waals surface area (Å²) in [4.78, 5) is 0. The molecule has 15 heavy (non-hydrogen) atoms. The van der Waals surface area contributed by atoms with Gasteiger partial charge in [-0.15, -0.1) is 0 Å². The third-order valence-electron chi connectivity index (χ3n) is 2.70. The molecule has 1 atom stereocenters. The standard InChI is InChI=1S/C12H16BrNS/c13-12-6-2-1-4-10(12)8-15-9-11-5-3-7-14-11/h1-2,4,6,11,14H,3,5,7-9H2. The van der Waals surface area contributed by atoms with E-state index in [2.05, 4.69) is 45.5 Å². The van der Waals surface area contributed by atoms with Crippen LogP contribution in [0.5, 0.6) is 0 Å². The third kappa shape index (κ3) is 3.51. The molecule has 1 saturated heterocycles. The molecule has 1 N–H and O–H groups in total. The summed E-state index contributed by atoms with van der Waals surface area (Å²) in [6, 6.07) is 9.23. The zero-order valence-corrected chi connectivity index (χ0v) is 11.1. The molecule has 1 nitrogen and oxygen atoms in total. The predicted octanol–water partition coefficient (Wildman–Crippen LogP) is 3.43. The lowest BCUT2D eigenvalue weighted by atomic mass is 10.2. The SMILES string of the molecule is Brc1ccccc1CSCC1CCCN1. The van der Waals surface area contributed by atoms with Gasteiger partial charge < -0.3 is 5.32 Å². The summed E-state index contributed by atoms with van der Waals surface area (Å²) in [7, 11) is 0. The van der Waals surface area contributed by atoms with Crippen LogP contribution in [-0.2, 0) is 5.75 Å². The molecule has 1 fully saturated rings.